The van der Waals surface area contributed by atoms with E-state index in [0.717, 1.165) is 37.0 Å². The van der Waals surface area contributed by atoms with Crippen molar-refractivity contribution in [3.05, 3.63) is 35.9 Å². The molecule has 1 saturated carbocycles. The lowest BCUT2D eigenvalue weighted by molar-refractivity contribution is 0.105. The first-order valence-electron chi connectivity index (χ1n) is 6.02. The Labute approximate surface area is 101 Å². The number of hydroxylamine groups is 1. The summed E-state index contributed by atoms with van der Waals surface area (Å²) in [6.45, 7) is 0. The maximum absolute atomic E-state index is 9.36. The van der Waals surface area contributed by atoms with Gasteiger partial charge in [-0.05, 0) is 24.8 Å². The molecule has 0 amide bonds. The molecule has 2 atom stereocenters. The quantitative estimate of drug-likeness (QED) is 0.556. The normalized spacial score (nSPS) is 24.8. The summed E-state index contributed by atoms with van der Waals surface area (Å²) < 4.78 is 0. The van der Waals surface area contributed by atoms with Gasteiger partial charge < -0.3 is 10.4 Å². The van der Waals surface area contributed by atoms with Gasteiger partial charge in [-0.1, -0.05) is 41.9 Å². The van der Waals surface area contributed by atoms with E-state index in [1.54, 1.807) is 0 Å². The molecule has 3 N–H and O–H groups in total. The van der Waals surface area contributed by atoms with E-state index in [1.165, 1.54) is 0 Å². The molecule has 0 spiro atoms. The lowest BCUT2D eigenvalue weighted by Gasteiger charge is -2.30. The Morgan fingerprint density at radius 3 is 2.65 bits per heavy atom. The molecule has 0 heterocycles. The Morgan fingerprint density at radius 1 is 1.24 bits per heavy atom. The molecule has 1 aromatic rings. The van der Waals surface area contributed by atoms with Gasteiger partial charge in [-0.15, -0.1) is 0 Å². The van der Waals surface area contributed by atoms with Gasteiger partial charge in [-0.3, -0.25) is 0 Å². The van der Waals surface area contributed by atoms with Crippen molar-refractivity contribution in [1.82, 2.24) is 5.48 Å². The molecule has 1 aliphatic rings. The first-order valence-corrected chi connectivity index (χ1v) is 6.02. The van der Waals surface area contributed by atoms with Crippen LogP contribution in [0.3, 0.4) is 0 Å². The molecule has 2 rings (SSSR count). The maximum atomic E-state index is 9.36. The third-order valence-electron chi connectivity index (χ3n) is 3.45. The van der Waals surface area contributed by atoms with E-state index in [-0.39, 0.29) is 12.0 Å². The first-order chi connectivity index (χ1) is 8.36. The molecule has 0 saturated heterocycles. The summed E-state index contributed by atoms with van der Waals surface area (Å²) in [6, 6.07) is 9.58. The van der Waals surface area contributed by atoms with Crippen LogP contribution in [0.5, 0.6) is 0 Å². The van der Waals surface area contributed by atoms with Gasteiger partial charge in [-0.2, -0.15) is 5.48 Å². The van der Waals surface area contributed by atoms with E-state index in [2.05, 4.69) is 10.6 Å². The van der Waals surface area contributed by atoms with Gasteiger partial charge >= 0.3 is 0 Å². The highest BCUT2D eigenvalue weighted by Gasteiger charge is 2.29. The molecule has 0 aliphatic heterocycles. The topological polar surface area (TPSA) is 64.9 Å². The van der Waals surface area contributed by atoms with Gasteiger partial charge in [0, 0.05) is 5.92 Å². The van der Waals surface area contributed by atoms with Crippen LogP contribution in [-0.4, -0.2) is 16.1 Å². The SMILES string of the molecule is O/N=C1\CCCC[C@H]1[C@H](NO)c1ccccc1. The van der Waals surface area contributed by atoms with Crippen molar-refractivity contribution in [3.8, 4) is 0 Å². The third kappa shape index (κ3) is 2.65. The molecule has 17 heavy (non-hydrogen) atoms. The molecule has 4 nitrogen and oxygen atoms in total. The minimum Gasteiger partial charge on any atom is -0.411 e. The highest BCUT2D eigenvalue weighted by Crippen LogP contribution is 2.32. The summed E-state index contributed by atoms with van der Waals surface area (Å²) in [5.74, 6) is 0.0705. The molecule has 4 heteroatoms. The largest absolute Gasteiger partial charge is 0.411 e. The predicted molar refractivity (Wildman–Crippen MR) is 65.3 cm³/mol. The third-order valence-corrected chi connectivity index (χ3v) is 3.45. The van der Waals surface area contributed by atoms with Crippen molar-refractivity contribution in [1.29, 1.82) is 0 Å². The van der Waals surface area contributed by atoms with Gasteiger partial charge in [0.25, 0.3) is 0 Å². The second-order valence-corrected chi connectivity index (χ2v) is 4.46. The van der Waals surface area contributed by atoms with Crippen molar-refractivity contribution in [2.24, 2.45) is 11.1 Å². The Hall–Kier alpha value is -1.39. The number of oxime groups is 1. The van der Waals surface area contributed by atoms with Gasteiger partial charge in [0.05, 0.1) is 11.8 Å². The highest BCUT2D eigenvalue weighted by atomic mass is 16.5. The average molecular weight is 234 g/mol. The molecule has 0 aromatic heterocycles. The number of hydrogen-bond donors (Lipinski definition) is 3. The smallest absolute Gasteiger partial charge is 0.0650 e. The van der Waals surface area contributed by atoms with Gasteiger partial charge in [-0.25, -0.2) is 0 Å². The summed E-state index contributed by atoms with van der Waals surface area (Å²) in [5.41, 5.74) is 4.16. The Morgan fingerprint density at radius 2 is 2.00 bits per heavy atom. The van der Waals surface area contributed by atoms with Crippen LogP contribution in [0, 0.1) is 5.92 Å². The Bertz CT molecular complexity index is 378. The van der Waals surface area contributed by atoms with Gasteiger partial charge in [0.15, 0.2) is 0 Å². The highest BCUT2D eigenvalue weighted by molar-refractivity contribution is 5.87. The number of nitrogens with zero attached hydrogens (tertiary/aromatic N) is 1. The molecule has 0 unspecified atom stereocenters. The zero-order valence-electron chi connectivity index (χ0n) is 9.71. The van der Waals surface area contributed by atoms with Crippen LogP contribution in [0.1, 0.15) is 37.3 Å². The zero-order valence-corrected chi connectivity index (χ0v) is 9.71. The lowest BCUT2D eigenvalue weighted by atomic mass is 9.80. The summed E-state index contributed by atoms with van der Waals surface area (Å²) in [6.07, 6.45) is 3.91. The minimum absolute atomic E-state index is 0.0705. The summed E-state index contributed by atoms with van der Waals surface area (Å²) >= 11 is 0. The maximum Gasteiger partial charge on any atom is 0.0650 e. The molecule has 1 fully saturated rings. The monoisotopic (exact) mass is 234 g/mol. The van der Waals surface area contributed by atoms with Crippen molar-refractivity contribution < 1.29 is 10.4 Å². The number of hydrogen-bond acceptors (Lipinski definition) is 4. The molecular formula is C13H18N2O2. The van der Waals surface area contributed by atoms with Crippen LogP contribution in [0.15, 0.2) is 35.5 Å². The van der Waals surface area contributed by atoms with E-state index in [9.17, 15) is 5.21 Å². The number of benzene rings is 1. The van der Waals surface area contributed by atoms with E-state index in [1.807, 2.05) is 30.3 Å². The van der Waals surface area contributed by atoms with Crippen LogP contribution in [0.2, 0.25) is 0 Å². The molecule has 0 radical (unpaired) electrons. The Balaban J connectivity index is 2.23. The molecule has 92 valence electrons. The van der Waals surface area contributed by atoms with Crippen LogP contribution in [0.4, 0.5) is 0 Å². The Kier molecular flexibility index (Phi) is 4.12. The van der Waals surface area contributed by atoms with Crippen LogP contribution >= 0.6 is 0 Å². The lowest BCUT2D eigenvalue weighted by Crippen LogP contribution is -2.33. The van der Waals surface area contributed by atoms with Crippen molar-refractivity contribution in [3.63, 3.8) is 0 Å². The number of nitrogens with one attached hydrogen (secondary N) is 1. The molecule has 1 aromatic carbocycles. The van der Waals surface area contributed by atoms with Crippen molar-refractivity contribution in [2.45, 2.75) is 31.7 Å². The second-order valence-electron chi connectivity index (χ2n) is 4.46. The molecule has 0 bridgehead atoms. The van der Waals surface area contributed by atoms with Crippen LogP contribution < -0.4 is 5.48 Å². The predicted octanol–water partition coefficient (Wildman–Crippen LogP) is 2.73. The van der Waals surface area contributed by atoms with Crippen LogP contribution in [-0.2, 0) is 0 Å². The van der Waals surface area contributed by atoms with E-state index in [0.29, 0.717) is 0 Å². The first kappa shape index (κ1) is 12.1. The molecule has 1 aliphatic carbocycles. The fourth-order valence-corrected chi connectivity index (χ4v) is 2.56. The minimum atomic E-state index is -0.192. The van der Waals surface area contributed by atoms with E-state index < -0.39 is 0 Å². The van der Waals surface area contributed by atoms with Gasteiger partial charge in [0.2, 0.25) is 0 Å². The standard InChI is InChI=1S/C13H18N2O2/c16-14-12-9-5-4-8-11(12)13(15-17)10-6-2-1-3-7-10/h1-3,6-7,11,13,15-17H,4-5,8-9H2/b14-12+/t11-,13-/m1/s1. The zero-order chi connectivity index (χ0) is 12.1. The molecular weight excluding hydrogens is 216 g/mol. The summed E-state index contributed by atoms with van der Waals surface area (Å²) in [4.78, 5) is 0. The fraction of sp³-hybridized carbons (Fsp3) is 0.462. The average Bonchev–Trinajstić information content (AvgIpc) is 2.41. The number of rotatable bonds is 3. The summed E-state index contributed by atoms with van der Waals surface area (Å²) in [7, 11) is 0. The van der Waals surface area contributed by atoms with Crippen LogP contribution in [0.25, 0.3) is 0 Å². The van der Waals surface area contributed by atoms with E-state index in [4.69, 9.17) is 5.21 Å². The summed E-state index contributed by atoms with van der Waals surface area (Å²) in [5, 5.41) is 21.8. The fourth-order valence-electron chi connectivity index (χ4n) is 2.56. The van der Waals surface area contributed by atoms with Crippen molar-refractivity contribution >= 4 is 5.71 Å². The second kappa shape index (κ2) is 5.80. The van der Waals surface area contributed by atoms with Gasteiger partial charge in [0.1, 0.15) is 0 Å². The van der Waals surface area contributed by atoms with Crippen molar-refractivity contribution in [2.75, 3.05) is 0 Å². The van der Waals surface area contributed by atoms with E-state index >= 15 is 0 Å².